The van der Waals surface area contributed by atoms with Crippen molar-refractivity contribution in [3.63, 3.8) is 0 Å². The molecule has 0 saturated carbocycles. The van der Waals surface area contributed by atoms with Crippen LogP contribution in [0.1, 0.15) is 28.4 Å². The molecular weight excluding hydrogens is 323 g/mol. The molecule has 5 nitrogen and oxygen atoms in total. The second-order valence-electron chi connectivity index (χ2n) is 6.37. The quantitative estimate of drug-likeness (QED) is 0.825. The van der Waals surface area contributed by atoms with E-state index in [1.807, 2.05) is 0 Å². The third-order valence-corrected chi connectivity index (χ3v) is 4.99. The Kier molecular flexibility index (Phi) is 3.58. The van der Waals surface area contributed by atoms with Gasteiger partial charge in [0.1, 0.15) is 11.6 Å². The van der Waals surface area contributed by atoms with Gasteiger partial charge in [0.2, 0.25) is 0 Å². The molecule has 0 radical (unpaired) electrons. The van der Waals surface area contributed by atoms with Crippen LogP contribution in [-0.2, 0) is 17.8 Å². The first-order valence-electron chi connectivity index (χ1n) is 8.25. The summed E-state index contributed by atoms with van der Waals surface area (Å²) in [5.41, 5.74) is 3.63. The van der Waals surface area contributed by atoms with Crippen molar-refractivity contribution in [3.8, 4) is 16.9 Å². The van der Waals surface area contributed by atoms with E-state index in [4.69, 9.17) is 0 Å². The molecule has 2 aromatic carbocycles. The number of amides is 1. The van der Waals surface area contributed by atoms with Crippen LogP contribution in [0, 0.1) is 5.82 Å². The Hall–Kier alpha value is -2.73. The summed E-state index contributed by atoms with van der Waals surface area (Å²) >= 11 is 0. The molecule has 0 aliphatic carbocycles. The van der Waals surface area contributed by atoms with Crippen LogP contribution in [0.2, 0.25) is 0 Å². The molecule has 128 valence electrons. The number of hydrogen-bond acceptors (Lipinski definition) is 4. The number of hydrogen-bond donors (Lipinski definition) is 2. The number of halogens is 1. The SMILES string of the molecule is CCN1CCc2c(-c3cc(F)ccc3O)cc3c(c2C1)NC(=O)C3=O. The van der Waals surface area contributed by atoms with Crippen molar-refractivity contribution in [1.29, 1.82) is 0 Å². The van der Waals surface area contributed by atoms with Crippen LogP contribution < -0.4 is 5.32 Å². The van der Waals surface area contributed by atoms with Crippen LogP contribution in [0.3, 0.4) is 0 Å². The molecule has 25 heavy (non-hydrogen) atoms. The van der Waals surface area contributed by atoms with E-state index in [0.717, 1.165) is 24.2 Å². The second-order valence-corrected chi connectivity index (χ2v) is 6.37. The van der Waals surface area contributed by atoms with Crippen molar-refractivity contribution in [2.45, 2.75) is 19.9 Å². The van der Waals surface area contributed by atoms with Gasteiger partial charge in [-0.2, -0.15) is 0 Å². The number of anilines is 1. The van der Waals surface area contributed by atoms with Crippen molar-refractivity contribution in [2.75, 3.05) is 18.4 Å². The summed E-state index contributed by atoms with van der Waals surface area (Å²) in [4.78, 5) is 26.3. The van der Waals surface area contributed by atoms with E-state index in [-0.39, 0.29) is 5.75 Å². The minimum atomic E-state index is -0.647. The van der Waals surface area contributed by atoms with Crippen LogP contribution in [0.5, 0.6) is 5.75 Å². The predicted molar refractivity (Wildman–Crippen MR) is 91.1 cm³/mol. The molecule has 0 spiro atoms. The molecule has 0 atom stereocenters. The fourth-order valence-corrected chi connectivity index (χ4v) is 3.66. The topological polar surface area (TPSA) is 69.6 Å². The first kappa shape index (κ1) is 15.8. The third kappa shape index (κ3) is 2.41. The summed E-state index contributed by atoms with van der Waals surface area (Å²) in [6.07, 6.45) is 0.700. The molecule has 0 saturated heterocycles. The Balaban J connectivity index is 1.99. The molecule has 4 rings (SSSR count). The molecule has 1 amide bonds. The van der Waals surface area contributed by atoms with Gasteiger partial charge in [0.25, 0.3) is 11.7 Å². The van der Waals surface area contributed by atoms with Gasteiger partial charge in [-0.3, -0.25) is 14.5 Å². The summed E-state index contributed by atoms with van der Waals surface area (Å²) < 4.78 is 13.7. The minimum Gasteiger partial charge on any atom is -0.507 e. The Labute approximate surface area is 144 Å². The number of Topliss-reactive ketones (excluding diaryl/α,β-unsaturated/α-hetero) is 1. The minimum absolute atomic E-state index is 0.0498. The number of nitrogens with one attached hydrogen (secondary N) is 1. The zero-order valence-electron chi connectivity index (χ0n) is 13.7. The van der Waals surface area contributed by atoms with Crippen molar-refractivity contribution in [3.05, 3.63) is 46.8 Å². The van der Waals surface area contributed by atoms with Gasteiger partial charge in [-0.05, 0) is 53.9 Å². The molecule has 0 fully saturated rings. The van der Waals surface area contributed by atoms with E-state index in [1.165, 1.54) is 18.2 Å². The van der Waals surface area contributed by atoms with Gasteiger partial charge in [-0.25, -0.2) is 4.39 Å². The Morgan fingerprint density at radius 2 is 1.96 bits per heavy atom. The normalized spacial score (nSPS) is 16.6. The first-order chi connectivity index (χ1) is 12.0. The van der Waals surface area contributed by atoms with Crippen LogP contribution in [0.4, 0.5) is 10.1 Å². The number of fused-ring (bicyclic) bond motifs is 3. The van der Waals surface area contributed by atoms with Gasteiger partial charge in [-0.1, -0.05) is 6.92 Å². The number of nitrogens with zero attached hydrogens (tertiary/aromatic N) is 1. The molecule has 2 heterocycles. The lowest BCUT2D eigenvalue weighted by atomic mass is 9.87. The average molecular weight is 340 g/mol. The van der Waals surface area contributed by atoms with E-state index in [9.17, 15) is 19.1 Å². The van der Waals surface area contributed by atoms with Gasteiger partial charge in [-0.15, -0.1) is 0 Å². The van der Waals surface area contributed by atoms with Crippen molar-refractivity contribution >= 4 is 17.4 Å². The van der Waals surface area contributed by atoms with E-state index < -0.39 is 17.5 Å². The van der Waals surface area contributed by atoms with Gasteiger partial charge in [0.05, 0.1) is 11.3 Å². The highest BCUT2D eigenvalue weighted by Gasteiger charge is 2.34. The van der Waals surface area contributed by atoms with Gasteiger partial charge < -0.3 is 10.4 Å². The van der Waals surface area contributed by atoms with Crippen LogP contribution in [0.25, 0.3) is 11.1 Å². The zero-order chi connectivity index (χ0) is 17.7. The predicted octanol–water partition coefficient (Wildman–Crippen LogP) is 2.71. The molecular formula is C19H17FN2O3. The van der Waals surface area contributed by atoms with E-state index >= 15 is 0 Å². The molecule has 0 bridgehead atoms. The molecule has 0 unspecified atom stereocenters. The first-order valence-corrected chi connectivity index (χ1v) is 8.25. The highest BCUT2D eigenvalue weighted by atomic mass is 19.1. The Morgan fingerprint density at radius 3 is 2.72 bits per heavy atom. The Morgan fingerprint density at radius 1 is 1.16 bits per heavy atom. The van der Waals surface area contributed by atoms with Gasteiger partial charge in [0.15, 0.2) is 0 Å². The van der Waals surface area contributed by atoms with Crippen molar-refractivity contribution in [2.24, 2.45) is 0 Å². The Bertz CT molecular complexity index is 923. The van der Waals surface area contributed by atoms with E-state index in [1.54, 1.807) is 6.07 Å². The van der Waals surface area contributed by atoms with Crippen LogP contribution >= 0.6 is 0 Å². The number of likely N-dealkylation sites (N-methyl/N-ethyl adjacent to an activating group) is 1. The highest BCUT2D eigenvalue weighted by molar-refractivity contribution is 6.52. The molecule has 2 aliphatic rings. The lowest BCUT2D eigenvalue weighted by Gasteiger charge is -2.30. The molecule has 0 aromatic heterocycles. The average Bonchev–Trinajstić information content (AvgIpc) is 2.91. The standard InChI is InChI=1S/C19H17FN2O3/c1-2-22-6-5-11-12(13-7-10(20)3-4-16(13)23)8-14-17(15(11)9-22)21-19(25)18(14)24/h3-4,7-8,23H,2,5-6,9H2,1H3,(H,21,24,25). The summed E-state index contributed by atoms with van der Waals surface area (Å²) in [6.45, 7) is 4.33. The van der Waals surface area contributed by atoms with E-state index in [0.29, 0.717) is 35.3 Å². The summed E-state index contributed by atoms with van der Waals surface area (Å²) in [7, 11) is 0. The van der Waals surface area contributed by atoms with Crippen molar-refractivity contribution in [1.82, 2.24) is 4.90 Å². The van der Waals surface area contributed by atoms with Crippen molar-refractivity contribution < 1.29 is 19.1 Å². The molecule has 2 aromatic rings. The van der Waals surface area contributed by atoms with E-state index in [2.05, 4.69) is 17.1 Å². The number of ketones is 1. The lowest BCUT2D eigenvalue weighted by Crippen LogP contribution is -2.31. The summed E-state index contributed by atoms with van der Waals surface area (Å²) in [6, 6.07) is 5.35. The molecule has 2 N–H and O–H groups in total. The maximum Gasteiger partial charge on any atom is 0.296 e. The fourth-order valence-electron chi connectivity index (χ4n) is 3.66. The molecule has 6 heteroatoms. The van der Waals surface area contributed by atoms with Crippen LogP contribution in [-0.4, -0.2) is 34.8 Å². The monoisotopic (exact) mass is 340 g/mol. The third-order valence-electron chi connectivity index (χ3n) is 4.99. The maximum atomic E-state index is 13.7. The van der Waals surface area contributed by atoms with Crippen LogP contribution in [0.15, 0.2) is 24.3 Å². The molecule has 2 aliphatic heterocycles. The highest BCUT2D eigenvalue weighted by Crippen LogP contribution is 2.42. The number of rotatable bonds is 2. The summed E-state index contributed by atoms with van der Waals surface area (Å²) in [5, 5.41) is 12.9. The van der Waals surface area contributed by atoms with Gasteiger partial charge >= 0.3 is 0 Å². The second kappa shape index (κ2) is 5.67. The van der Waals surface area contributed by atoms with Gasteiger partial charge in [0, 0.05) is 18.7 Å². The maximum absolute atomic E-state index is 13.7. The largest absolute Gasteiger partial charge is 0.507 e. The number of carbonyl (C=O) groups is 2. The lowest BCUT2D eigenvalue weighted by molar-refractivity contribution is -0.112. The fraction of sp³-hybridized carbons (Fsp3) is 0.263. The number of carbonyl (C=O) groups excluding carboxylic acids is 2. The number of aromatic hydroxyl groups is 1. The summed E-state index contributed by atoms with van der Waals surface area (Å²) in [5.74, 6) is -1.75. The number of benzene rings is 2. The zero-order valence-corrected chi connectivity index (χ0v) is 13.7. The smallest absolute Gasteiger partial charge is 0.296 e. The number of phenols is 1. The number of phenolic OH excluding ortho intramolecular Hbond substituents is 1.